The van der Waals surface area contributed by atoms with Crippen LogP contribution < -0.4 is 0 Å². The van der Waals surface area contributed by atoms with Crippen LogP contribution in [0.25, 0.3) is 0 Å². The van der Waals surface area contributed by atoms with Gasteiger partial charge in [-0.15, -0.1) is 0 Å². The van der Waals surface area contributed by atoms with Crippen LogP contribution in [-0.4, -0.2) is 6.67 Å². The normalized spacial score (nSPS) is 10.9. The van der Waals surface area contributed by atoms with Crippen molar-refractivity contribution in [2.24, 2.45) is 0 Å². The van der Waals surface area contributed by atoms with Gasteiger partial charge in [-0.2, -0.15) is 0 Å². The molecular weight excluding hydrogens is 151 g/mol. The third-order valence-electron chi connectivity index (χ3n) is 0.972. The molecule has 0 radical (unpaired) electrons. The molecule has 0 saturated heterocycles. The minimum Gasteiger partial charge on any atom is -0.246 e. The third kappa shape index (κ3) is 11.9. The van der Waals surface area contributed by atoms with E-state index >= 15 is 0 Å². The van der Waals surface area contributed by atoms with E-state index in [0.717, 1.165) is 11.1 Å². The molecule has 0 spiro atoms. The maximum Gasteiger partial charge on any atom is 0.111 e. The molecule has 70 valence electrons. The first-order chi connectivity index (χ1) is 5.66. The van der Waals surface area contributed by atoms with Gasteiger partial charge in [0.05, 0.1) is 0 Å². The van der Waals surface area contributed by atoms with E-state index in [-0.39, 0.29) is 6.67 Å². The second-order valence-electron chi connectivity index (χ2n) is 2.35. The van der Waals surface area contributed by atoms with Crippen molar-refractivity contribution < 1.29 is 4.39 Å². The Morgan fingerprint density at radius 2 is 1.83 bits per heavy atom. The number of rotatable bonds is 3. The van der Waals surface area contributed by atoms with Gasteiger partial charge >= 0.3 is 0 Å². The van der Waals surface area contributed by atoms with Gasteiger partial charge in [0.25, 0.3) is 0 Å². The van der Waals surface area contributed by atoms with E-state index in [1.807, 2.05) is 26.8 Å². The van der Waals surface area contributed by atoms with Gasteiger partial charge in [0.1, 0.15) is 6.67 Å². The Kier molecular flexibility index (Phi) is 11.6. The van der Waals surface area contributed by atoms with E-state index in [0.29, 0.717) is 0 Å². The Labute approximate surface area is 75.5 Å². The van der Waals surface area contributed by atoms with Crippen LogP contribution in [0.2, 0.25) is 0 Å². The van der Waals surface area contributed by atoms with Crippen LogP contribution >= 0.6 is 0 Å². The zero-order chi connectivity index (χ0) is 9.98. The zero-order valence-electron chi connectivity index (χ0n) is 8.52. The standard InChI is InChI=1S/C9H13F.C2H6/c1-8(2)5-4-6-9(3)7-10;1-2/h4-6H,1,7H2,2-3H3;1-2H3/b5-4-,9-6+;. The first-order valence-corrected chi connectivity index (χ1v) is 4.22. The lowest BCUT2D eigenvalue weighted by Crippen LogP contribution is -1.74. The predicted octanol–water partition coefficient (Wildman–Crippen LogP) is 4.06. The van der Waals surface area contributed by atoms with Crippen molar-refractivity contribution in [1.29, 1.82) is 0 Å². The van der Waals surface area contributed by atoms with Crippen molar-refractivity contribution in [1.82, 2.24) is 0 Å². The molecule has 0 N–H and O–H groups in total. The van der Waals surface area contributed by atoms with Gasteiger partial charge in [-0.1, -0.05) is 44.2 Å². The van der Waals surface area contributed by atoms with Crippen molar-refractivity contribution in [3.63, 3.8) is 0 Å². The minimum atomic E-state index is -0.374. The lowest BCUT2D eigenvalue weighted by Gasteiger charge is -1.86. The topological polar surface area (TPSA) is 0 Å². The van der Waals surface area contributed by atoms with Crippen LogP contribution in [0.4, 0.5) is 4.39 Å². The number of halogens is 1. The Morgan fingerprint density at radius 3 is 2.17 bits per heavy atom. The van der Waals surface area contributed by atoms with Gasteiger partial charge in [-0.05, 0) is 19.4 Å². The maximum atomic E-state index is 11.8. The molecule has 1 heteroatoms. The van der Waals surface area contributed by atoms with Gasteiger partial charge in [-0.3, -0.25) is 0 Å². The molecule has 0 rings (SSSR count). The Morgan fingerprint density at radius 1 is 1.33 bits per heavy atom. The number of hydrogen-bond donors (Lipinski definition) is 0. The molecule has 0 aromatic heterocycles. The summed E-state index contributed by atoms with van der Waals surface area (Å²) in [5.41, 5.74) is 1.71. The van der Waals surface area contributed by atoms with Crippen LogP contribution in [0.1, 0.15) is 27.7 Å². The van der Waals surface area contributed by atoms with E-state index in [2.05, 4.69) is 6.58 Å². The van der Waals surface area contributed by atoms with Crippen LogP contribution in [0.15, 0.2) is 36.0 Å². The van der Waals surface area contributed by atoms with Gasteiger partial charge < -0.3 is 0 Å². The molecule has 0 nitrogen and oxygen atoms in total. The second kappa shape index (κ2) is 10.2. The summed E-state index contributed by atoms with van der Waals surface area (Å²) in [4.78, 5) is 0. The van der Waals surface area contributed by atoms with E-state index in [1.165, 1.54) is 0 Å². The quantitative estimate of drug-likeness (QED) is 0.560. The van der Waals surface area contributed by atoms with Crippen molar-refractivity contribution in [3.8, 4) is 0 Å². The summed E-state index contributed by atoms with van der Waals surface area (Å²) in [6, 6.07) is 0. The van der Waals surface area contributed by atoms with E-state index in [1.54, 1.807) is 19.1 Å². The fraction of sp³-hybridized carbons (Fsp3) is 0.455. The van der Waals surface area contributed by atoms with Crippen molar-refractivity contribution in [3.05, 3.63) is 36.0 Å². The molecule has 0 unspecified atom stereocenters. The Balaban J connectivity index is 0. The average molecular weight is 170 g/mol. The van der Waals surface area contributed by atoms with E-state index < -0.39 is 0 Å². The summed E-state index contributed by atoms with van der Waals surface area (Å²) < 4.78 is 11.8. The summed E-state index contributed by atoms with van der Waals surface area (Å²) in [7, 11) is 0. The summed E-state index contributed by atoms with van der Waals surface area (Å²) in [5.74, 6) is 0. The number of alkyl halides is 1. The van der Waals surface area contributed by atoms with Crippen LogP contribution in [0.3, 0.4) is 0 Å². The van der Waals surface area contributed by atoms with Gasteiger partial charge in [-0.25, -0.2) is 4.39 Å². The number of hydrogen-bond acceptors (Lipinski definition) is 0. The molecule has 0 aromatic carbocycles. The summed E-state index contributed by atoms with van der Waals surface area (Å²) in [5, 5.41) is 0. The highest BCUT2D eigenvalue weighted by Crippen LogP contribution is 1.95. The minimum absolute atomic E-state index is 0.374. The number of allylic oxidation sites excluding steroid dienone is 5. The first-order valence-electron chi connectivity index (χ1n) is 4.22. The Bertz CT molecular complexity index is 164. The molecule has 0 amide bonds. The maximum absolute atomic E-state index is 11.8. The zero-order valence-corrected chi connectivity index (χ0v) is 8.52. The third-order valence-corrected chi connectivity index (χ3v) is 0.972. The Hall–Kier alpha value is -0.850. The smallest absolute Gasteiger partial charge is 0.111 e. The highest BCUT2D eigenvalue weighted by Gasteiger charge is 1.80. The van der Waals surface area contributed by atoms with Crippen molar-refractivity contribution >= 4 is 0 Å². The molecule has 12 heavy (non-hydrogen) atoms. The lowest BCUT2D eigenvalue weighted by molar-refractivity contribution is 0.543. The SMILES string of the molecule is C=C(C)/C=C\C=C(/C)CF.CC. The molecule has 0 aromatic rings. The van der Waals surface area contributed by atoms with Crippen molar-refractivity contribution in [2.75, 3.05) is 6.67 Å². The van der Waals surface area contributed by atoms with E-state index in [9.17, 15) is 4.39 Å². The lowest BCUT2D eigenvalue weighted by atomic mass is 10.2. The van der Waals surface area contributed by atoms with Gasteiger partial charge in [0, 0.05) is 0 Å². The second-order valence-corrected chi connectivity index (χ2v) is 2.35. The fourth-order valence-corrected chi connectivity index (χ4v) is 0.421. The van der Waals surface area contributed by atoms with Crippen LogP contribution in [-0.2, 0) is 0 Å². The molecule has 0 aliphatic carbocycles. The van der Waals surface area contributed by atoms with Crippen molar-refractivity contribution in [2.45, 2.75) is 27.7 Å². The first kappa shape index (κ1) is 13.7. The summed E-state index contributed by atoms with van der Waals surface area (Å²) in [6.07, 6.45) is 5.39. The predicted molar refractivity (Wildman–Crippen MR) is 55.0 cm³/mol. The highest BCUT2D eigenvalue weighted by atomic mass is 19.1. The molecule has 0 heterocycles. The molecule has 0 aliphatic rings. The highest BCUT2D eigenvalue weighted by molar-refractivity contribution is 5.19. The van der Waals surface area contributed by atoms with Crippen LogP contribution in [0, 0.1) is 0 Å². The fourth-order valence-electron chi connectivity index (χ4n) is 0.421. The van der Waals surface area contributed by atoms with Gasteiger partial charge in [0.2, 0.25) is 0 Å². The monoisotopic (exact) mass is 170 g/mol. The molecule has 0 aliphatic heterocycles. The van der Waals surface area contributed by atoms with Gasteiger partial charge in [0.15, 0.2) is 0 Å². The average Bonchev–Trinajstić information content (AvgIpc) is 2.07. The largest absolute Gasteiger partial charge is 0.246 e. The summed E-state index contributed by atoms with van der Waals surface area (Å²) >= 11 is 0. The molecule has 0 atom stereocenters. The molecular formula is C11H19F. The molecule has 0 bridgehead atoms. The molecule has 0 saturated carbocycles. The molecule has 0 fully saturated rings. The van der Waals surface area contributed by atoms with E-state index in [4.69, 9.17) is 0 Å². The van der Waals surface area contributed by atoms with Crippen LogP contribution in [0.5, 0.6) is 0 Å². The summed E-state index contributed by atoms with van der Waals surface area (Å²) in [6.45, 7) is 10.9.